The number of carbonyl (C=O) groups is 3. The molecule has 2 heterocycles. The topological polar surface area (TPSA) is 173 Å². The number of amides is 1. The van der Waals surface area contributed by atoms with Crippen LogP contribution < -0.4 is 11.1 Å². The van der Waals surface area contributed by atoms with Gasteiger partial charge in [0.25, 0.3) is 5.78 Å². The first kappa shape index (κ1) is 23.2. The SMILES string of the molecule is CCc1nc2ncnn2c(NC(=O)CC(N)C(=O)O)c1CCCCCCCC(=O)O. The number of carboxylic acids is 2. The molecule has 2 rings (SSSR count). The van der Waals surface area contributed by atoms with Crippen molar-refractivity contribution in [3.05, 3.63) is 17.6 Å². The van der Waals surface area contributed by atoms with Gasteiger partial charge in [-0.3, -0.25) is 14.4 Å². The minimum atomic E-state index is -1.29. The Labute approximate surface area is 173 Å². The average molecular weight is 420 g/mol. The third-order valence-corrected chi connectivity index (χ3v) is 4.74. The van der Waals surface area contributed by atoms with Crippen LogP contribution in [0.15, 0.2) is 6.33 Å². The predicted molar refractivity (Wildman–Crippen MR) is 108 cm³/mol. The predicted octanol–water partition coefficient (Wildman–Crippen LogP) is 1.39. The molecule has 2 aromatic heterocycles. The van der Waals surface area contributed by atoms with E-state index in [4.69, 9.17) is 15.9 Å². The molecule has 11 nitrogen and oxygen atoms in total. The molecule has 0 radical (unpaired) electrons. The Kier molecular flexibility index (Phi) is 8.66. The van der Waals surface area contributed by atoms with E-state index in [0.717, 1.165) is 36.9 Å². The molecule has 1 unspecified atom stereocenters. The van der Waals surface area contributed by atoms with Gasteiger partial charge in [0, 0.05) is 12.0 Å². The zero-order valence-corrected chi connectivity index (χ0v) is 17.0. The van der Waals surface area contributed by atoms with Crippen LogP contribution in [0.25, 0.3) is 5.78 Å². The van der Waals surface area contributed by atoms with E-state index in [9.17, 15) is 14.4 Å². The van der Waals surface area contributed by atoms with Gasteiger partial charge in [-0.1, -0.05) is 26.2 Å². The van der Waals surface area contributed by atoms with E-state index in [2.05, 4.69) is 20.4 Å². The molecule has 0 aliphatic rings. The van der Waals surface area contributed by atoms with Gasteiger partial charge in [0.15, 0.2) is 0 Å². The van der Waals surface area contributed by atoms with Crippen LogP contribution in [0.4, 0.5) is 5.82 Å². The summed E-state index contributed by atoms with van der Waals surface area (Å²) in [7, 11) is 0. The minimum Gasteiger partial charge on any atom is -0.481 e. The summed E-state index contributed by atoms with van der Waals surface area (Å²) in [5, 5.41) is 24.5. The number of nitrogens with zero attached hydrogens (tertiary/aromatic N) is 4. The lowest BCUT2D eigenvalue weighted by atomic mass is 10.0. The summed E-state index contributed by atoms with van der Waals surface area (Å²) in [4.78, 5) is 42.5. The van der Waals surface area contributed by atoms with Gasteiger partial charge < -0.3 is 21.3 Å². The van der Waals surface area contributed by atoms with Gasteiger partial charge in [-0.05, 0) is 25.7 Å². The second kappa shape index (κ2) is 11.2. The van der Waals surface area contributed by atoms with Crippen LogP contribution in [0.5, 0.6) is 0 Å². The van der Waals surface area contributed by atoms with E-state index in [0.29, 0.717) is 30.9 Å². The van der Waals surface area contributed by atoms with Crippen molar-refractivity contribution < 1.29 is 24.6 Å². The van der Waals surface area contributed by atoms with Gasteiger partial charge >= 0.3 is 11.9 Å². The van der Waals surface area contributed by atoms with Gasteiger partial charge in [-0.2, -0.15) is 14.6 Å². The number of aryl methyl sites for hydroxylation is 1. The van der Waals surface area contributed by atoms with E-state index >= 15 is 0 Å². The largest absolute Gasteiger partial charge is 0.481 e. The molecular formula is C19H28N6O5. The van der Waals surface area contributed by atoms with Crippen LogP contribution >= 0.6 is 0 Å². The number of aliphatic carboxylic acids is 2. The standard InChI is InChI=1S/C19H28N6O5/c1-2-14-12(8-6-4-3-5-7-9-16(27)28)17(25-19(23-14)21-11-22-25)24-15(26)10-13(20)18(29)30/h11,13H,2-10,20H2,1H3,(H,24,26)(H,27,28)(H,29,30). The molecule has 0 aliphatic heterocycles. The van der Waals surface area contributed by atoms with E-state index < -0.39 is 23.9 Å². The number of anilines is 1. The Morgan fingerprint density at radius 2 is 1.87 bits per heavy atom. The van der Waals surface area contributed by atoms with Crippen molar-refractivity contribution in [2.24, 2.45) is 5.73 Å². The van der Waals surface area contributed by atoms with Crippen molar-refractivity contribution in [3.63, 3.8) is 0 Å². The Hall–Kier alpha value is -3.08. The number of hydrogen-bond donors (Lipinski definition) is 4. The van der Waals surface area contributed by atoms with Crippen molar-refractivity contribution in [2.75, 3.05) is 5.32 Å². The second-order valence-corrected chi connectivity index (χ2v) is 7.07. The number of rotatable bonds is 13. The van der Waals surface area contributed by atoms with Crippen LogP contribution in [0.3, 0.4) is 0 Å². The fourth-order valence-corrected chi connectivity index (χ4v) is 3.18. The number of carboxylic acid groups (broad SMARTS) is 2. The lowest BCUT2D eigenvalue weighted by molar-refractivity contribution is -0.140. The van der Waals surface area contributed by atoms with Gasteiger partial charge in [0.2, 0.25) is 5.91 Å². The fraction of sp³-hybridized carbons (Fsp3) is 0.579. The van der Waals surface area contributed by atoms with Gasteiger partial charge in [-0.25, -0.2) is 4.98 Å². The fourth-order valence-electron chi connectivity index (χ4n) is 3.18. The maximum Gasteiger partial charge on any atom is 0.321 e. The third kappa shape index (κ3) is 6.48. The third-order valence-electron chi connectivity index (χ3n) is 4.74. The number of nitrogens with one attached hydrogen (secondary N) is 1. The van der Waals surface area contributed by atoms with Crippen LogP contribution in [-0.2, 0) is 27.2 Å². The van der Waals surface area contributed by atoms with Crippen molar-refractivity contribution in [2.45, 2.75) is 70.8 Å². The van der Waals surface area contributed by atoms with Crippen LogP contribution in [0.2, 0.25) is 0 Å². The van der Waals surface area contributed by atoms with Crippen molar-refractivity contribution in [1.82, 2.24) is 19.6 Å². The van der Waals surface area contributed by atoms with E-state index in [1.165, 1.54) is 10.8 Å². The van der Waals surface area contributed by atoms with Gasteiger partial charge in [-0.15, -0.1) is 0 Å². The van der Waals surface area contributed by atoms with Crippen LogP contribution in [0.1, 0.15) is 63.1 Å². The molecule has 0 saturated carbocycles. The summed E-state index contributed by atoms with van der Waals surface area (Å²) >= 11 is 0. The number of fused-ring (bicyclic) bond motifs is 1. The average Bonchev–Trinajstić information content (AvgIpc) is 3.16. The minimum absolute atomic E-state index is 0.182. The zero-order valence-electron chi connectivity index (χ0n) is 17.0. The van der Waals surface area contributed by atoms with Crippen molar-refractivity contribution >= 4 is 29.4 Å². The first-order valence-electron chi connectivity index (χ1n) is 10.0. The maximum atomic E-state index is 12.4. The Morgan fingerprint density at radius 1 is 1.17 bits per heavy atom. The molecule has 0 fully saturated rings. The van der Waals surface area contributed by atoms with Crippen LogP contribution in [0, 0.1) is 0 Å². The number of unbranched alkanes of at least 4 members (excludes halogenated alkanes) is 4. The van der Waals surface area contributed by atoms with Crippen molar-refractivity contribution in [3.8, 4) is 0 Å². The number of nitrogens with two attached hydrogens (primary N) is 1. The molecule has 0 aromatic carbocycles. The number of aromatic nitrogens is 4. The highest BCUT2D eigenvalue weighted by atomic mass is 16.4. The highest BCUT2D eigenvalue weighted by Crippen LogP contribution is 2.23. The van der Waals surface area contributed by atoms with Gasteiger partial charge in [0.1, 0.15) is 18.2 Å². The summed E-state index contributed by atoms with van der Waals surface area (Å²) in [6.45, 7) is 1.95. The quantitative estimate of drug-likeness (QED) is 0.349. The molecule has 11 heteroatoms. The summed E-state index contributed by atoms with van der Waals surface area (Å²) in [6, 6.07) is -1.29. The lowest BCUT2D eigenvalue weighted by Gasteiger charge is -2.16. The van der Waals surface area contributed by atoms with Crippen molar-refractivity contribution in [1.29, 1.82) is 0 Å². The van der Waals surface area contributed by atoms with Crippen LogP contribution in [-0.4, -0.2) is 53.7 Å². The normalized spacial score (nSPS) is 12.1. The van der Waals surface area contributed by atoms with Gasteiger partial charge in [0.05, 0.1) is 12.1 Å². The number of hydrogen-bond acceptors (Lipinski definition) is 7. The summed E-state index contributed by atoms with van der Waals surface area (Å²) in [5.74, 6) is -1.77. The maximum absolute atomic E-state index is 12.4. The molecular weight excluding hydrogens is 392 g/mol. The molecule has 164 valence electrons. The Morgan fingerprint density at radius 3 is 2.53 bits per heavy atom. The lowest BCUT2D eigenvalue weighted by Crippen LogP contribution is -2.34. The molecule has 1 amide bonds. The summed E-state index contributed by atoms with van der Waals surface area (Å²) in [6.07, 6.45) is 6.61. The first-order chi connectivity index (χ1) is 14.3. The Bertz CT molecular complexity index is 897. The molecule has 0 spiro atoms. The molecule has 30 heavy (non-hydrogen) atoms. The molecule has 5 N–H and O–H groups in total. The molecule has 2 aromatic rings. The van der Waals surface area contributed by atoms with E-state index in [1.54, 1.807) is 0 Å². The highest BCUT2D eigenvalue weighted by Gasteiger charge is 2.21. The highest BCUT2D eigenvalue weighted by molar-refractivity contribution is 5.94. The zero-order chi connectivity index (χ0) is 22.1. The summed E-state index contributed by atoms with van der Waals surface area (Å²) < 4.78 is 1.44. The summed E-state index contributed by atoms with van der Waals surface area (Å²) in [5.41, 5.74) is 7.09. The monoisotopic (exact) mass is 420 g/mol. The van der Waals surface area contributed by atoms with E-state index in [-0.39, 0.29) is 12.8 Å². The Balaban J connectivity index is 2.12. The first-order valence-corrected chi connectivity index (χ1v) is 10.0. The molecule has 0 saturated heterocycles. The molecule has 0 aliphatic carbocycles. The smallest absolute Gasteiger partial charge is 0.321 e. The molecule has 0 bridgehead atoms. The number of carbonyl (C=O) groups excluding carboxylic acids is 1. The molecule has 1 atom stereocenters. The van der Waals surface area contributed by atoms with E-state index in [1.807, 2.05) is 6.92 Å². The second-order valence-electron chi connectivity index (χ2n) is 7.07.